The second kappa shape index (κ2) is 8.97. The van der Waals surface area contributed by atoms with Crippen LogP contribution < -0.4 is 16.0 Å². The molecule has 0 aromatic heterocycles. The molecular weight excluding hydrogens is 369 g/mol. The lowest BCUT2D eigenvalue weighted by Crippen LogP contribution is -2.34. The molecule has 1 aliphatic heterocycles. The second-order valence-corrected chi connectivity index (χ2v) is 6.89. The first-order valence-corrected chi connectivity index (χ1v) is 9.25. The summed E-state index contributed by atoms with van der Waals surface area (Å²) in [6, 6.07) is 11.0. The van der Waals surface area contributed by atoms with Crippen molar-refractivity contribution in [3.63, 3.8) is 0 Å². The van der Waals surface area contributed by atoms with Gasteiger partial charge in [0.1, 0.15) is 5.82 Å². The molecule has 0 unspecified atom stereocenters. The maximum Gasteiger partial charge on any atom is 0.253 e. The van der Waals surface area contributed by atoms with E-state index in [4.69, 9.17) is 11.6 Å². The minimum absolute atomic E-state index is 0.0414. The molecule has 3 rings (SSSR count). The van der Waals surface area contributed by atoms with Gasteiger partial charge < -0.3 is 16.0 Å². The predicted octanol–water partition coefficient (Wildman–Crippen LogP) is 3.35. The topological polar surface area (TPSA) is 70.2 Å². The number of hydrogen-bond donors (Lipinski definition) is 3. The molecule has 0 atom stereocenters. The van der Waals surface area contributed by atoms with Gasteiger partial charge in [0, 0.05) is 23.7 Å². The van der Waals surface area contributed by atoms with Gasteiger partial charge in [0.05, 0.1) is 10.6 Å². The minimum Gasteiger partial charge on any atom is -0.348 e. The second-order valence-electron chi connectivity index (χ2n) is 6.48. The molecule has 27 heavy (non-hydrogen) atoms. The Morgan fingerprint density at radius 2 is 1.89 bits per heavy atom. The van der Waals surface area contributed by atoms with E-state index in [9.17, 15) is 14.0 Å². The first-order chi connectivity index (χ1) is 13.0. The fourth-order valence-electron chi connectivity index (χ4n) is 3.02. The van der Waals surface area contributed by atoms with Crippen molar-refractivity contribution in [3.8, 4) is 0 Å². The van der Waals surface area contributed by atoms with Crippen LogP contribution in [0.3, 0.4) is 0 Å². The van der Waals surface area contributed by atoms with Gasteiger partial charge in [-0.05, 0) is 50.2 Å². The predicted molar refractivity (Wildman–Crippen MR) is 103 cm³/mol. The fraction of sp³-hybridized carbons (Fsp3) is 0.300. The summed E-state index contributed by atoms with van der Waals surface area (Å²) < 4.78 is 13.7. The number of hydrogen-bond acceptors (Lipinski definition) is 3. The van der Waals surface area contributed by atoms with Crippen molar-refractivity contribution in [2.75, 3.05) is 18.4 Å². The van der Waals surface area contributed by atoms with Crippen molar-refractivity contribution in [1.82, 2.24) is 10.6 Å². The molecule has 1 saturated heterocycles. The van der Waals surface area contributed by atoms with Crippen LogP contribution in [0.5, 0.6) is 0 Å². The summed E-state index contributed by atoms with van der Waals surface area (Å²) in [5, 5.41) is 8.99. The van der Waals surface area contributed by atoms with E-state index in [0.29, 0.717) is 11.3 Å². The molecule has 0 bridgehead atoms. The molecule has 2 aromatic rings. The molecule has 0 aliphatic carbocycles. The van der Waals surface area contributed by atoms with Crippen molar-refractivity contribution in [2.24, 2.45) is 5.92 Å². The number of carbonyl (C=O) groups excluding carboxylic acids is 2. The van der Waals surface area contributed by atoms with Gasteiger partial charge in [-0.25, -0.2) is 4.39 Å². The average Bonchev–Trinajstić information content (AvgIpc) is 2.69. The average molecular weight is 390 g/mol. The third kappa shape index (κ3) is 5.05. The first-order valence-electron chi connectivity index (χ1n) is 8.87. The van der Waals surface area contributed by atoms with E-state index in [1.54, 1.807) is 30.3 Å². The Bertz CT molecular complexity index is 838. The minimum atomic E-state index is -0.429. The molecule has 2 aromatic carbocycles. The molecule has 0 saturated carbocycles. The number of rotatable bonds is 5. The van der Waals surface area contributed by atoms with Gasteiger partial charge in [-0.1, -0.05) is 29.8 Å². The molecule has 5 nitrogen and oxygen atoms in total. The van der Waals surface area contributed by atoms with Crippen molar-refractivity contribution in [1.29, 1.82) is 0 Å². The molecule has 1 fully saturated rings. The summed E-state index contributed by atoms with van der Waals surface area (Å²) in [5.41, 5.74) is 1.13. The molecule has 7 heteroatoms. The first kappa shape index (κ1) is 19.3. The molecule has 3 N–H and O–H groups in total. The normalized spacial score (nSPS) is 14.6. The van der Waals surface area contributed by atoms with E-state index in [-0.39, 0.29) is 34.8 Å². The lowest BCUT2D eigenvalue weighted by atomic mass is 9.97. The summed E-state index contributed by atoms with van der Waals surface area (Å²) in [6.45, 7) is 1.69. The Morgan fingerprint density at radius 1 is 1.15 bits per heavy atom. The number of anilines is 1. The highest BCUT2D eigenvalue weighted by Gasteiger charge is 2.21. The lowest BCUT2D eigenvalue weighted by Gasteiger charge is -2.22. The fourth-order valence-corrected chi connectivity index (χ4v) is 3.22. The van der Waals surface area contributed by atoms with Gasteiger partial charge in [0.15, 0.2) is 0 Å². The highest BCUT2D eigenvalue weighted by atomic mass is 35.5. The maximum atomic E-state index is 13.7. The summed E-state index contributed by atoms with van der Waals surface area (Å²) in [7, 11) is 0. The zero-order valence-electron chi connectivity index (χ0n) is 14.7. The Balaban J connectivity index is 1.66. The third-order valence-corrected chi connectivity index (χ3v) is 4.92. The molecular formula is C20H21ClFN3O2. The Hall–Kier alpha value is -2.44. The van der Waals surface area contributed by atoms with Crippen LogP contribution in [-0.4, -0.2) is 24.9 Å². The van der Waals surface area contributed by atoms with Gasteiger partial charge in [-0.2, -0.15) is 0 Å². The highest BCUT2D eigenvalue weighted by Crippen LogP contribution is 2.22. The van der Waals surface area contributed by atoms with Crippen molar-refractivity contribution in [3.05, 3.63) is 64.4 Å². The van der Waals surface area contributed by atoms with E-state index in [1.807, 2.05) is 0 Å². The summed E-state index contributed by atoms with van der Waals surface area (Å²) in [4.78, 5) is 24.8. The number of carbonyl (C=O) groups is 2. The zero-order valence-corrected chi connectivity index (χ0v) is 15.5. The van der Waals surface area contributed by atoms with Crippen LogP contribution in [0.2, 0.25) is 5.02 Å². The Labute approximate surface area is 162 Å². The van der Waals surface area contributed by atoms with E-state index in [0.717, 1.165) is 25.9 Å². The molecule has 0 spiro atoms. The summed E-state index contributed by atoms with van der Waals surface area (Å²) in [6.07, 6.45) is 1.57. The van der Waals surface area contributed by atoms with Gasteiger partial charge in [0.2, 0.25) is 5.91 Å². The van der Waals surface area contributed by atoms with Crippen LogP contribution in [0.1, 0.15) is 28.8 Å². The van der Waals surface area contributed by atoms with E-state index in [1.165, 1.54) is 12.1 Å². The molecule has 142 valence electrons. The van der Waals surface area contributed by atoms with Gasteiger partial charge >= 0.3 is 0 Å². The van der Waals surface area contributed by atoms with Crippen LogP contribution in [0, 0.1) is 11.7 Å². The van der Waals surface area contributed by atoms with E-state index >= 15 is 0 Å². The number of benzene rings is 2. The van der Waals surface area contributed by atoms with Crippen LogP contribution in [0.25, 0.3) is 0 Å². The van der Waals surface area contributed by atoms with Crippen LogP contribution in [-0.2, 0) is 11.3 Å². The van der Waals surface area contributed by atoms with E-state index in [2.05, 4.69) is 16.0 Å². The SMILES string of the molecule is O=C(NCc1ccccc1F)c1cc(NC(=O)C2CCNCC2)ccc1Cl. The van der Waals surface area contributed by atoms with Crippen LogP contribution in [0.4, 0.5) is 10.1 Å². The van der Waals surface area contributed by atoms with Crippen molar-refractivity contribution in [2.45, 2.75) is 19.4 Å². The van der Waals surface area contributed by atoms with Crippen molar-refractivity contribution < 1.29 is 14.0 Å². The summed E-state index contributed by atoms with van der Waals surface area (Å²) in [5.74, 6) is -0.912. The van der Waals surface area contributed by atoms with Gasteiger partial charge in [-0.3, -0.25) is 9.59 Å². The molecule has 1 heterocycles. The number of piperidine rings is 1. The quantitative estimate of drug-likeness (QED) is 0.734. The van der Waals surface area contributed by atoms with E-state index < -0.39 is 5.91 Å². The molecule has 0 radical (unpaired) electrons. The lowest BCUT2D eigenvalue weighted by molar-refractivity contribution is -0.120. The summed E-state index contributed by atoms with van der Waals surface area (Å²) >= 11 is 6.13. The van der Waals surface area contributed by atoms with Gasteiger partial charge in [-0.15, -0.1) is 0 Å². The molecule has 2 amide bonds. The Kier molecular flexibility index (Phi) is 6.42. The monoisotopic (exact) mass is 389 g/mol. The number of amides is 2. The smallest absolute Gasteiger partial charge is 0.253 e. The van der Waals surface area contributed by atoms with Crippen molar-refractivity contribution >= 4 is 29.1 Å². The standard InChI is InChI=1S/C20H21ClFN3O2/c21-17-6-5-15(25-19(26)13-7-9-23-10-8-13)11-16(17)20(27)24-12-14-3-1-2-4-18(14)22/h1-6,11,13,23H,7-10,12H2,(H,24,27)(H,25,26). The van der Waals surface area contributed by atoms with Gasteiger partial charge in [0.25, 0.3) is 5.91 Å². The number of nitrogens with one attached hydrogen (secondary N) is 3. The van der Waals surface area contributed by atoms with Crippen LogP contribution >= 0.6 is 11.6 Å². The third-order valence-electron chi connectivity index (χ3n) is 4.59. The molecule has 1 aliphatic rings. The Morgan fingerprint density at radius 3 is 2.63 bits per heavy atom. The zero-order chi connectivity index (χ0) is 19.2. The van der Waals surface area contributed by atoms with Crippen LogP contribution in [0.15, 0.2) is 42.5 Å². The maximum absolute atomic E-state index is 13.7. The number of halogens is 2. The highest BCUT2D eigenvalue weighted by molar-refractivity contribution is 6.34. The largest absolute Gasteiger partial charge is 0.348 e.